The number of carbonyl (C=O) groups is 1. The van der Waals surface area contributed by atoms with Crippen molar-refractivity contribution in [1.82, 2.24) is 10.2 Å². The van der Waals surface area contributed by atoms with Crippen molar-refractivity contribution in [3.05, 3.63) is 47.8 Å². The molecule has 0 saturated carbocycles. The Kier molecular flexibility index (Phi) is 3.77. The fourth-order valence-corrected chi connectivity index (χ4v) is 2.48. The molecule has 1 aromatic heterocycles. The molecule has 7 nitrogen and oxygen atoms in total. The highest BCUT2D eigenvalue weighted by Gasteiger charge is 2.15. The minimum absolute atomic E-state index is 0.0249. The van der Waals surface area contributed by atoms with Crippen molar-refractivity contribution in [1.29, 1.82) is 0 Å². The van der Waals surface area contributed by atoms with Crippen LogP contribution in [-0.4, -0.2) is 24.5 Å². The molecule has 1 aromatic carbocycles. The highest BCUT2D eigenvalue weighted by atomic mass is 32.2. The summed E-state index contributed by atoms with van der Waals surface area (Å²) < 4.78 is 22.8. The Bertz CT molecular complexity index is 745. The lowest BCUT2D eigenvalue weighted by molar-refractivity contribution is 0.102. The van der Waals surface area contributed by atoms with Crippen molar-refractivity contribution in [2.45, 2.75) is 11.8 Å². The summed E-state index contributed by atoms with van der Waals surface area (Å²) in [5, 5.41) is 14.9. The van der Waals surface area contributed by atoms with Gasteiger partial charge in [-0.05, 0) is 30.7 Å². The first-order valence-corrected chi connectivity index (χ1v) is 7.14. The molecule has 0 aliphatic rings. The maximum Gasteiger partial charge on any atom is 0.257 e. The van der Waals surface area contributed by atoms with Gasteiger partial charge in [0.15, 0.2) is 0 Å². The number of sulfonamides is 1. The normalized spacial score (nSPS) is 11.1. The second-order valence-electron chi connectivity index (χ2n) is 4.06. The van der Waals surface area contributed by atoms with E-state index < -0.39 is 15.9 Å². The van der Waals surface area contributed by atoms with Gasteiger partial charge in [0.1, 0.15) is 0 Å². The zero-order chi connectivity index (χ0) is 14.8. The molecule has 20 heavy (non-hydrogen) atoms. The zero-order valence-electron chi connectivity index (χ0n) is 10.6. The molecule has 0 saturated heterocycles. The average molecular weight is 292 g/mol. The predicted octanol–water partition coefficient (Wildman–Crippen LogP) is 0.685. The van der Waals surface area contributed by atoms with E-state index in [1.807, 2.05) is 0 Å². The van der Waals surface area contributed by atoms with Crippen LogP contribution in [0.25, 0.3) is 0 Å². The Morgan fingerprint density at radius 2 is 2.00 bits per heavy atom. The number of carbonyl (C=O) groups excluding carboxylic acids is 1. The number of benzene rings is 1. The molecule has 2 rings (SSSR count). The highest BCUT2D eigenvalue weighted by molar-refractivity contribution is 7.89. The Balaban J connectivity index is 2.34. The second-order valence-corrected chi connectivity index (χ2v) is 5.59. The Morgan fingerprint density at radius 1 is 1.25 bits per heavy atom. The molecule has 0 spiro atoms. The van der Waals surface area contributed by atoms with E-state index in [4.69, 9.17) is 5.14 Å². The van der Waals surface area contributed by atoms with Gasteiger partial charge < -0.3 is 5.32 Å². The second kappa shape index (κ2) is 5.35. The molecule has 2 aromatic rings. The van der Waals surface area contributed by atoms with E-state index in [0.29, 0.717) is 16.8 Å². The molecule has 1 heterocycles. The smallest absolute Gasteiger partial charge is 0.257 e. The Morgan fingerprint density at radius 3 is 2.60 bits per heavy atom. The third-order valence-electron chi connectivity index (χ3n) is 2.69. The summed E-state index contributed by atoms with van der Waals surface area (Å²) in [7, 11) is -3.83. The van der Waals surface area contributed by atoms with Gasteiger partial charge in [0.2, 0.25) is 10.0 Å². The molecular weight excluding hydrogens is 280 g/mol. The van der Waals surface area contributed by atoms with Gasteiger partial charge in [0.05, 0.1) is 22.9 Å². The van der Waals surface area contributed by atoms with E-state index in [0.717, 1.165) is 0 Å². The van der Waals surface area contributed by atoms with Gasteiger partial charge in [-0.25, -0.2) is 13.6 Å². The number of hydrogen-bond donors (Lipinski definition) is 2. The fraction of sp³-hybridized carbons (Fsp3) is 0.0833. The van der Waals surface area contributed by atoms with Gasteiger partial charge in [-0.2, -0.15) is 10.2 Å². The van der Waals surface area contributed by atoms with Crippen LogP contribution in [-0.2, 0) is 10.0 Å². The van der Waals surface area contributed by atoms with E-state index >= 15 is 0 Å². The van der Waals surface area contributed by atoms with E-state index in [1.165, 1.54) is 30.6 Å². The number of nitrogens with two attached hydrogens (primary N) is 1. The Labute approximate surface area is 115 Å². The number of primary sulfonamides is 1. The van der Waals surface area contributed by atoms with Crippen LogP contribution in [0.5, 0.6) is 0 Å². The van der Waals surface area contributed by atoms with Crippen molar-refractivity contribution < 1.29 is 13.2 Å². The first-order chi connectivity index (χ1) is 9.39. The average Bonchev–Trinajstić information content (AvgIpc) is 2.40. The number of hydrogen-bond acceptors (Lipinski definition) is 5. The minimum atomic E-state index is -3.83. The SMILES string of the molecule is Cc1c(NC(=O)c2ccnnc2)cccc1S(N)(=O)=O. The number of anilines is 1. The van der Waals surface area contributed by atoms with Crippen LogP contribution in [0, 0.1) is 6.92 Å². The summed E-state index contributed by atoms with van der Waals surface area (Å²) in [6.45, 7) is 1.57. The maximum absolute atomic E-state index is 12.0. The number of nitrogens with zero attached hydrogens (tertiary/aromatic N) is 2. The van der Waals surface area contributed by atoms with Gasteiger partial charge in [0, 0.05) is 5.69 Å². The van der Waals surface area contributed by atoms with Crippen molar-refractivity contribution >= 4 is 21.6 Å². The van der Waals surface area contributed by atoms with Gasteiger partial charge in [-0.1, -0.05) is 6.07 Å². The zero-order valence-corrected chi connectivity index (χ0v) is 11.4. The van der Waals surface area contributed by atoms with Crippen LogP contribution in [0.1, 0.15) is 15.9 Å². The fourth-order valence-electron chi connectivity index (χ4n) is 1.68. The van der Waals surface area contributed by atoms with Crippen LogP contribution in [0.15, 0.2) is 41.6 Å². The van der Waals surface area contributed by atoms with Crippen molar-refractivity contribution in [3.63, 3.8) is 0 Å². The molecule has 3 N–H and O–H groups in total. The van der Waals surface area contributed by atoms with Gasteiger partial charge in [-0.3, -0.25) is 4.79 Å². The summed E-state index contributed by atoms with van der Waals surface area (Å²) in [5.41, 5.74) is 1.07. The largest absolute Gasteiger partial charge is 0.322 e. The maximum atomic E-state index is 12.0. The topological polar surface area (TPSA) is 115 Å². The molecule has 0 unspecified atom stereocenters. The molecule has 104 valence electrons. The van der Waals surface area contributed by atoms with Crippen LogP contribution < -0.4 is 10.5 Å². The lowest BCUT2D eigenvalue weighted by Crippen LogP contribution is -2.17. The molecule has 0 atom stereocenters. The first-order valence-electron chi connectivity index (χ1n) is 5.60. The third-order valence-corrected chi connectivity index (χ3v) is 3.74. The van der Waals surface area contributed by atoms with Crippen LogP contribution in [0.4, 0.5) is 5.69 Å². The van der Waals surface area contributed by atoms with E-state index in [1.54, 1.807) is 13.0 Å². The molecule has 0 aliphatic heterocycles. The van der Waals surface area contributed by atoms with Crippen molar-refractivity contribution in [2.24, 2.45) is 5.14 Å². The lowest BCUT2D eigenvalue weighted by atomic mass is 10.2. The number of amides is 1. The van der Waals surface area contributed by atoms with Gasteiger partial charge in [-0.15, -0.1) is 0 Å². The quantitative estimate of drug-likeness (QED) is 0.863. The predicted molar refractivity (Wildman–Crippen MR) is 72.5 cm³/mol. The molecule has 0 radical (unpaired) electrons. The van der Waals surface area contributed by atoms with E-state index in [9.17, 15) is 13.2 Å². The summed E-state index contributed by atoms with van der Waals surface area (Å²) in [6, 6.07) is 5.99. The van der Waals surface area contributed by atoms with E-state index in [2.05, 4.69) is 15.5 Å². The minimum Gasteiger partial charge on any atom is -0.322 e. The molecule has 0 bridgehead atoms. The van der Waals surface area contributed by atoms with Crippen molar-refractivity contribution in [3.8, 4) is 0 Å². The standard InChI is InChI=1S/C12H12N4O3S/c1-8-10(3-2-4-11(8)20(13,18)19)16-12(17)9-5-6-14-15-7-9/h2-7H,1H3,(H,16,17)(H2,13,18,19). The van der Waals surface area contributed by atoms with Crippen LogP contribution >= 0.6 is 0 Å². The number of nitrogens with one attached hydrogen (secondary N) is 1. The molecule has 1 amide bonds. The first kappa shape index (κ1) is 14.1. The van der Waals surface area contributed by atoms with Crippen molar-refractivity contribution in [2.75, 3.05) is 5.32 Å². The summed E-state index contributed by atoms with van der Waals surface area (Å²) >= 11 is 0. The molecule has 0 aliphatic carbocycles. The monoisotopic (exact) mass is 292 g/mol. The van der Waals surface area contributed by atoms with Gasteiger partial charge >= 0.3 is 0 Å². The molecule has 0 fully saturated rings. The summed E-state index contributed by atoms with van der Waals surface area (Å²) in [6.07, 6.45) is 2.71. The van der Waals surface area contributed by atoms with E-state index in [-0.39, 0.29) is 4.90 Å². The molecule has 8 heteroatoms. The Hall–Kier alpha value is -2.32. The highest BCUT2D eigenvalue weighted by Crippen LogP contribution is 2.22. The summed E-state index contributed by atoms with van der Waals surface area (Å²) in [5.74, 6) is -0.408. The van der Waals surface area contributed by atoms with Crippen LogP contribution in [0.2, 0.25) is 0 Å². The summed E-state index contributed by atoms with van der Waals surface area (Å²) in [4.78, 5) is 11.9. The number of aromatic nitrogens is 2. The third kappa shape index (κ3) is 2.98. The van der Waals surface area contributed by atoms with Gasteiger partial charge in [0.25, 0.3) is 5.91 Å². The molecular formula is C12H12N4O3S. The number of rotatable bonds is 3. The lowest BCUT2D eigenvalue weighted by Gasteiger charge is -2.11. The van der Waals surface area contributed by atoms with Crippen LogP contribution in [0.3, 0.4) is 0 Å².